The van der Waals surface area contributed by atoms with Crippen LogP contribution in [0.1, 0.15) is 23.5 Å². The largest absolute Gasteiger partial charge is 0.289 e. The average molecular weight is 304 g/mol. The molecule has 1 aromatic heterocycles. The van der Waals surface area contributed by atoms with Crippen LogP contribution in [0.15, 0.2) is 36.7 Å². The summed E-state index contributed by atoms with van der Waals surface area (Å²) < 4.78 is 0. The van der Waals surface area contributed by atoms with Crippen LogP contribution in [0.2, 0.25) is 0 Å². The molecule has 0 aliphatic heterocycles. The number of hydrogen-bond acceptors (Lipinski definition) is 4. The smallest absolute Gasteiger partial charge is 0.265 e. The van der Waals surface area contributed by atoms with E-state index in [1.807, 2.05) is 31.2 Å². The third-order valence-corrected chi connectivity index (χ3v) is 4.31. The van der Waals surface area contributed by atoms with Crippen LogP contribution >= 0.6 is 11.6 Å². The third-order valence-electron chi connectivity index (χ3n) is 3.72. The molecule has 1 aromatic carbocycles. The van der Waals surface area contributed by atoms with Gasteiger partial charge in [-0.25, -0.2) is 15.4 Å². The van der Waals surface area contributed by atoms with Crippen molar-refractivity contribution in [1.29, 1.82) is 0 Å². The molecule has 0 bridgehead atoms. The van der Waals surface area contributed by atoms with Crippen LogP contribution < -0.4 is 5.48 Å². The number of halogens is 1. The lowest BCUT2D eigenvalue weighted by Crippen LogP contribution is -2.31. The van der Waals surface area contributed by atoms with E-state index in [4.69, 9.17) is 16.8 Å². The van der Waals surface area contributed by atoms with E-state index < -0.39 is 10.8 Å². The molecule has 1 aliphatic rings. The van der Waals surface area contributed by atoms with Crippen molar-refractivity contribution < 1.29 is 10.0 Å². The zero-order valence-corrected chi connectivity index (χ0v) is 12.1. The fourth-order valence-corrected chi connectivity index (χ4v) is 2.69. The molecule has 108 valence electrons. The maximum atomic E-state index is 11.5. The molecular weight excluding hydrogens is 290 g/mol. The topological polar surface area (TPSA) is 75.1 Å². The minimum atomic E-state index is -1.03. The van der Waals surface area contributed by atoms with Crippen LogP contribution in [0.5, 0.6) is 0 Å². The monoisotopic (exact) mass is 303 g/mol. The van der Waals surface area contributed by atoms with Gasteiger partial charge in [-0.05, 0) is 24.5 Å². The van der Waals surface area contributed by atoms with Crippen LogP contribution in [0.4, 0.5) is 0 Å². The van der Waals surface area contributed by atoms with Crippen LogP contribution in [-0.2, 0) is 4.79 Å². The number of rotatable bonds is 3. The van der Waals surface area contributed by atoms with Crippen molar-refractivity contribution >= 4 is 17.5 Å². The highest BCUT2D eigenvalue weighted by atomic mass is 35.5. The molecule has 0 saturated heterocycles. The number of hydrogen-bond donors (Lipinski definition) is 2. The lowest BCUT2D eigenvalue weighted by atomic mass is 10.1. The van der Waals surface area contributed by atoms with E-state index in [1.54, 1.807) is 17.9 Å². The molecule has 0 spiro atoms. The fourth-order valence-electron chi connectivity index (χ4n) is 2.37. The van der Waals surface area contributed by atoms with Gasteiger partial charge in [-0.15, -0.1) is 11.6 Å². The second kappa shape index (κ2) is 5.09. The van der Waals surface area contributed by atoms with Gasteiger partial charge < -0.3 is 0 Å². The maximum absolute atomic E-state index is 11.5. The molecule has 21 heavy (non-hydrogen) atoms. The third kappa shape index (κ3) is 2.50. The summed E-state index contributed by atoms with van der Waals surface area (Å²) in [7, 11) is 0. The van der Waals surface area contributed by atoms with E-state index in [0.717, 1.165) is 16.7 Å². The van der Waals surface area contributed by atoms with Crippen molar-refractivity contribution in [3.63, 3.8) is 0 Å². The van der Waals surface area contributed by atoms with Crippen LogP contribution in [0.25, 0.3) is 11.4 Å². The molecule has 3 rings (SSSR count). The van der Waals surface area contributed by atoms with Crippen molar-refractivity contribution in [2.24, 2.45) is 0 Å². The van der Waals surface area contributed by atoms with Gasteiger partial charge in [0.15, 0.2) is 5.82 Å². The highest BCUT2D eigenvalue weighted by molar-refractivity contribution is 6.38. The molecule has 5 nitrogen and oxygen atoms in total. The van der Waals surface area contributed by atoms with Gasteiger partial charge in [-0.2, -0.15) is 0 Å². The molecule has 1 fully saturated rings. The van der Waals surface area contributed by atoms with Crippen molar-refractivity contribution in [2.45, 2.75) is 24.1 Å². The summed E-state index contributed by atoms with van der Waals surface area (Å²) in [5.41, 5.74) is 4.50. The van der Waals surface area contributed by atoms with E-state index in [-0.39, 0.29) is 5.92 Å². The summed E-state index contributed by atoms with van der Waals surface area (Å²) in [5, 5.41) is 8.69. The van der Waals surface area contributed by atoms with Crippen LogP contribution in [0, 0.1) is 6.92 Å². The summed E-state index contributed by atoms with van der Waals surface area (Å²) in [6, 6.07) is 7.65. The first-order valence-electron chi connectivity index (χ1n) is 6.57. The number of nitrogens with one attached hydrogen (secondary N) is 1. The molecule has 0 radical (unpaired) electrons. The molecule has 1 aliphatic carbocycles. The first-order valence-corrected chi connectivity index (χ1v) is 6.95. The first kappa shape index (κ1) is 14.0. The van der Waals surface area contributed by atoms with Crippen molar-refractivity contribution in [2.75, 3.05) is 0 Å². The predicted octanol–water partition coefficient (Wildman–Crippen LogP) is 2.42. The van der Waals surface area contributed by atoms with Crippen molar-refractivity contribution in [1.82, 2.24) is 15.4 Å². The van der Waals surface area contributed by atoms with Gasteiger partial charge in [0.1, 0.15) is 4.87 Å². The summed E-state index contributed by atoms with van der Waals surface area (Å²) in [5.74, 6) is 0.0209. The Labute approximate surface area is 127 Å². The molecule has 2 aromatic rings. The van der Waals surface area contributed by atoms with E-state index in [1.165, 1.54) is 0 Å². The zero-order chi connectivity index (χ0) is 15.0. The molecule has 6 heteroatoms. The number of benzene rings is 1. The van der Waals surface area contributed by atoms with E-state index in [9.17, 15) is 4.79 Å². The molecule has 1 saturated carbocycles. The highest BCUT2D eigenvalue weighted by Crippen LogP contribution is 2.56. The molecule has 2 atom stereocenters. The molecule has 1 amide bonds. The molecule has 1 heterocycles. The Balaban J connectivity index is 1.80. The minimum Gasteiger partial charge on any atom is -0.289 e. The van der Waals surface area contributed by atoms with Gasteiger partial charge in [0.25, 0.3) is 5.91 Å². The number of nitrogens with zero attached hydrogens (tertiary/aromatic N) is 2. The molecule has 2 N–H and O–H groups in total. The summed E-state index contributed by atoms with van der Waals surface area (Å²) in [6.07, 6.45) is 4.06. The Morgan fingerprint density at radius 1 is 1.33 bits per heavy atom. The quantitative estimate of drug-likeness (QED) is 0.519. The molecular formula is C15H14ClN3O2. The van der Waals surface area contributed by atoms with Crippen molar-refractivity contribution in [3.05, 3.63) is 47.8 Å². The Morgan fingerprint density at radius 3 is 2.52 bits per heavy atom. The maximum Gasteiger partial charge on any atom is 0.265 e. The lowest BCUT2D eigenvalue weighted by molar-refractivity contribution is -0.129. The number of carbonyl (C=O) groups excluding carboxylic acids is 1. The van der Waals surface area contributed by atoms with Gasteiger partial charge >= 0.3 is 0 Å². The van der Waals surface area contributed by atoms with E-state index in [2.05, 4.69) is 9.97 Å². The molecule has 1 unspecified atom stereocenters. The van der Waals surface area contributed by atoms with Gasteiger partial charge in [-0.3, -0.25) is 10.0 Å². The Kier molecular flexibility index (Phi) is 3.39. The van der Waals surface area contributed by atoms with Gasteiger partial charge in [-0.1, -0.05) is 24.3 Å². The summed E-state index contributed by atoms with van der Waals surface area (Å²) in [6.45, 7) is 1.94. The number of alkyl halides is 1. The number of amides is 1. The standard InChI is InChI=1S/C15H14ClN3O2/c1-9-7-17-13(18-8-9)11-4-2-10(3-5-11)12-6-15(12,16)14(20)19-21/h2-5,7-8,12,21H,6H2,1H3,(H,19,20)/t12-,15?/m0/s1. The SMILES string of the molecule is Cc1cnc(-c2ccc([C@@H]3CC3(Cl)C(=O)NO)cc2)nc1. The summed E-state index contributed by atoms with van der Waals surface area (Å²) >= 11 is 6.17. The number of hydroxylamine groups is 1. The first-order chi connectivity index (χ1) is 10.0. The van der Waals surface area contributed by atoms with E-state index >= 15 is 0 Å². The Hall–Kier alpha value is -1.98. The normalized spacial score (nSPS) is 23.7. The van der Waals surface area contributed by atoms with Gasteiger partial charge in [0.2, 0.25) is 0 Å². The zero-order valence-electron chi connectivity index (χ0n) is 11.4. The second-order valence-electron chi connectivity index (χ2n) is 5.27. The number of aromatic nitrogens is 2. The lowest BCUT2D eigenvalue weighted by Gasteiger charge is -2.07. The van der Waals surface area contributed by atoms with Crippen LogP contribution in [0.3, 0.4) is 0 Å². The fraction of sp³-hybridized carbons (Fsp3) is 0.267. The minimum absolute atomic E-state index is 0.0840. The summed E-state index contributed by atoms with van der Waals surface area (Å²) in [4.78, 5) is 19.0. The van der Waals surface area contributed by atoms with E-state index in [0.29, 0.717) is 12.2 Å². The van der Waals surface area contributed by atoms with Gasteiger partial charge in [0, 0.05) is 23.9 Å². The van der Waals surface area contributed by atoms with Crippen LogP contribution in [-0.4, -0.2) is 26.0 Å². The van der Waals surface area contributed by atoms with Gasteiger partial charge in [0.05, 0.1) is 0 Å². The van der Waals surface area contributed by atoms with Crippen molar-refractivity contribution in [3.8, 4) is 11.4 Å². The number of carbonyl (C=O) groups is 1. The average Bonchev–Trinajstić information content (AvgIpc) is 3.21. The second-order valence-corrected chi connectivity index (χ2v) is 5.94. The highest BCUT2D eigenvalue weighted by Gasteiger charge is 2.59. The number of aryl methyl sites for hydroxylation is 1. The predicted molar refractivity (Wildman–Crippen MR) is 78.1 cm³/mol. The Morgan fingerprint density at radius 2 is 1.95 bits per heavy atom. The Bertz CT molecular complexity index is 672.